The summed E-state index contributed by atoms with van der Waals surface area (Å²) in [6, 6.07) is 12.3. The Morgan fingerprint density at radius 3 is 2.14 bits per heavy atom. The molecule has 1 aliphatic heterocycles. The number of carbonyl (C=O) groups excluding carboxylic acids is 5. The van der Waals surface area contributed by atoms with Crippen molar-refractivity contribution >= 4 is 64.1 Å². The van der Waals surface area contributed by atoms with Crippen molar-refractivity contribution in [1.82, 2.24) is 0 Å². The zero-order chi connectivity index (χ0) is 25.7. The average Bonchev–Trinajstić information content (AvgIpc) is 3.47. The number of ether oxygens (including phenoxy) is 1. The number of ketones is 1. The van der Waals surface area contributed by atoms with Crippen molar-refractivity contribution in [2.45, 2.75) is 24.1 Å². The molecule has 2 aromatic rings. The SMILES string of the molecule is CC(=O)c1ccc(NC(=O)COC(=O)c2cccc(N3C(=O)[C@@H]4[C@H]5C[C@@H]([C@H](Cl)[C@H]5Cl)[C@@H]4C3=O)c2)cc1. The molecule has 0 spiro atoms. The van der Waals surface area contributed by atoms with Crippen molar-refractivity contribution in [2.24, 2.45) is 23.7 Å². The van der Waals surface area contributed by atoms with E-state index < -0.39 is 30.3 Å². The fourth-order valence-corrected chi connectivity index (χ4v) is 6.47. The van der Waals surface area contributed by atoms with Crippen LogP contribution in [0.2, 0.25) is 0 Å². The number of nitrogens with one attached hydrogen (secondary N) is 1. The number of halogens is 2. The number of hydrogen-bond acceptors (Lipinski definition) is 6. The fourth-order valence-electron chi connectivity index (χ4n) is 5.58. The third kappa shape index (κ3) is 4.08. The molecule has 3 fully saturated rings. The molecular formula is C26H22Cl2N2O6. The van der Waals surface area contributed by atoms with E-state index >= 15 is 0 Å². The van der Waals surface area contributed by atoms with E-state index in [0.717, 1.165) is 4.90 Å². The van der Waals surface area contributed by atoms with Crippen LogP contribution in [0.5, 0.6) is 0 Å². The molecule has 3 aliphatic rings. The average molecular weight is 529 g/mol. The largest absolute Gasteiger partial charge is 0.452 e. The van der Waals surface area contributed by atoms with E-state index in [-0.39, 0.29) is 51.4 Å². The van der Waals surface area contributed by atoms with Crippen LogP contribution in [0.15, 0.2) is 48.5 Å². The molecule has 3 amide bonds. The molecule has 2 aliphatic carbocycles. The van der Waals surface area contributed by atoms with E-state index in [1.807, 2.05) is 0 Å². The maximum absolute atomic E-state index is 13.2. The number of hydrogen-bond donors (Lipinski definition) is 1. The quantitative estimate of drug-likeness (QED) is 0.265. The molecule has 186 valence electrons. The second-order valence-corrected chi connectivity index (χ2v) is 10.3. The predicted molar refractivity (Wildman–Crippen MR) is 132 cm³/mol. The van der Waals surface area contributed by atoms with Crippen molar-refractivity contribution in [3.8, 4) is 0 Å². The van der Waals surface area contributed by atoms with Crippen LogP contribution in [0, 0.1) is 23.7 Å². The third-order valence-corrected chi connectivity index (χ3v) is 8.56. The number of fused-ring (bicyclic) bond motifs is 5. The summed E-state index contributed by atoms with van der Waals surface area (Å²) in [5.74, 6) is -3.36. The molecule has 2 saturated carbocycles. The van der Waals surface area contributed by atoms with Gasteiger partial charge in [-0.15, -0.1) is 23.2 Å². The monoisotopic (exact) mass is 528 g/mol. The normalized spacial score (nSPS) is 28.2. The topological polar surface area (TPSA) is 110 Å². The summed E-state index contributed by atoms with van der Waals surface area (Å²) in [6.45, 7) is 0.901. The van der Waals surface area contributed by atoms with Gasteiger partial charge in [0, 0.05) is 11.3 Å². The van der Waals surface area contributed by atoms with Crippen LogP contribution in [-0.2, 0) is 19.1 Å². The Kier molecular flexibility index (Phi) is 6.34. The number of rotatable bonds is 6. The van der Waals surface area contributed by atoms with Crippen molar-refractivity contribution in [3.63, 3.8) is 0 Å². The van der Waals surface area contributed by atoms with Gasteiger partial charge in [-0.05, 0) is 67.6 Å². The van der Waals surface area contributed by atoms with Gasteiger partial charge in [-0.3, -0.25) is 24.1 Å². The zero-order valence-electron chi connectivity index (χ0n) is 19.1. The molecule has 5 rings (SSSR count). The van der Waals surface area contributed by atoms with Gasteiger partial charge in [0.15, 0.2) is 12.4 Å². The van der Waals surface area contributed by atoms with Gasteiger partial charge in [0.25, 0.3) is 5.91 Å². The minimum absolute atomic E-state index is 0.0941. The zero-order valence-corrected chi connectivity index (χ0v) is 20.7. The lowest BCUT2D eigenvalue weighted by Gasteiger charge is -2.28. The number of imide groups is 1. The summed E-state index contributed by atoms with van der Waals surface area (Å²) < 4.78 is 5.11. The van der Waals surface area contributed by atoms with Crippen molar-refractivity contribution < 1.29 is 28.7 Å². The van der Waals surface area contributed by atoms with Gasteiger partial charge >= 0.3 is 5.97 Å². The highest BCUT2D eigenvalue weighted by molar-refractivity contribution is 6.32. The van der Waals surface area contributed by atoms with E-state index in [1.165, 1.54) is 19.1 Å². The Balaban J connectivity index is 1.23. The molecule has 0 unspecified atom stereocenters. The van der Waals surface area contributed by atoms with Crippen LogP contribution >= 0.6 is 23.2 Å². The molecule has 8 nitrogen and oxygen atoms in total. The highest BCUT2D eigenvalue weighted by atomic mass is 35.5. The molecule has 6 atom stereocenters. The molecule has 36 heavy (non-hydrogen) atoms. The predicted octanol–water partition coefficient (Wildman–Crippen LogP) is 3.65. The molecule has 2 bridgehead atoms. The minimum atomic E-state index is -0.778. The lowest BCUT2D eigenvalue weighted by Crippen LogP contribution is -2.37. The molecule has 1 saturated heterocycles. The number of amides is 3. The van der Waals surface area contributed by atoms with E-state index in [0.29, 0.717) is 17.7 Å². The maximum Gasteiger partial charge on any atom is 0.338 e. The first-order chi connectivity index (χ1) is 17.2. The van der Waals surface area contributed by atoms with Crippen molar-refractivity contribution in [1.29, 1.82) is 0 Å². The number of Topliss-reactive ketones (excluding diaryl/α,β-unsaturated/α-hetero) is 1. The summed E-state index contributed by atoms with van der Waals surface area (Å²) in [4.78, 5) is 63.6. The Hall–Kier alpha value is -3.23. The van der Waals surface area contributed by atoms with E-state index in [4.69, 9.17) is 27.9 Å². The van der Waals surface area contributed by atoms with Crippen LogP contribution in [-0.4, -0.2) is 46.8 Å². The summed E-state index contributed by atoms with van der Waals surface area (Å²) >= 11 is 12.8. The van der Waals surface area contributed by atoms with Gasteiger partial charge in [0.2, 0.25) is 11.8 Å². The number of anilines is 2. The second kappa shape index (κ2) is 9.33. The first-order valence-electron chi connectivity index (χ1n) is 11.5. The van der Waals surface area contributed by atoms with Gasteiger partial charge in [-0.1, -0.05) is 6.07 Å². The second-order valence-electron chi connectivity index (χ2n) is 9.32. The van der Waals surface area contributed by atoms with Crippen LogP contribution in [0.4, 0.5) is 11.4 Å². The van der Waals surface area contributed by atoms with E-state index in [1.54, 1.807) is 36.4 Å². The molecule has 1 heterocycles. The van der Waals surface area contributed by atoms with Gasteiger partial charge in [0.05, 0.1) is 33.8 Å². The number of esters is 1. The third-order valence-electron chi connectivity index (χ3n) is 7.24. The van der Waals surface area contributed by atoms with Crippen LogP contribution < -0.4 is 10.2 Å². The highest BCUT2D eigenvalue weighted by Crippen LogP contribution is 2.59. The summed E-state index contributed by atoms with van der Waals surface area (Å²) in [5, 5.41) is 1.87. The Bertz CT molecular complexity index is 1250. The summed E-state index contributed by atoms with van der Waals surface area (Å²) in [5.41, 5.74) is 1.32. The molecule has 10 heteroatoms. The maximum atomic E-state index is 13.2. The highest BCUT2D eigenvalue weighted by Gasteiger charge is 2.66. The van der Waals surface area contributed by atoms with E-state index in [2.05, 4.69) is 5.32 Å². The van der Waals surface area contributed by atoms with Crippen LogP contribution in [0.25, 0.3) is 0 Å². The minimum Gasteiger partial charge on any atom is -0.452 e. The first-order valence-corrected chi connectivity index (χ1v) is 12.4. The van der Waals surface area contributed by atoms with Gasteiger partial charge < -0.3 is 10.1 Å². The van der Waals surface area contributed by atoms with Crippen molar-refractivity contribution in [2.75, 3.05) is 16.8 Å². The van der Waals surface area contributed by atoms with Crippen molar-refractivity contribution in [3.05, 3.63) is 59.7 Å². The molecule has 0 aromatic heterocycles. The number of benzene rings is 2. The Morgan fingerprint density at radius 1 is 0.944 bits per heavy atom. The smallest absolute Gasteiger partial charge is 0.338 e. The number of nitrogens with zero attached hydrogens (tertiary/aromatic N) is 1. The fraction of sp³-hybridized carbons (Fsp3) is 0.346. The van der Waals surface area contributed by atoms with Crippen LogP contribution in [0.1, 0.15) is 34.1 Å². The van der Waals surface area contributed by atoms with E-state index in [9.17, 15) is 24.0 Å². The summed E-state index contributed by atoms with van der Waals surface area (Å²) in [7, 11) is 0. The Morgan fingerprint density at radius 2 is 1.56 bits per heavy atom. The molecular weight excluding hydrogens is 507 g/mol. The lowest BCUT2D eigenvalue weighted by atomic mass is 9.80. The van der Waals surface area contributed by atoms with Gasteiger partial charge in [-0.2, -0.15) is 0 Å². The van der Waals surface area contributed by atoms with Gasteiger partial charge in [-0.25, -0.2) is 4.79 Å². The van der Waals surface area contributed by atoms with Gasteiger partial charge in [0.1, 0.15) is 0 Å². The molecule has 2 aromatic carbocycles. The Labute approximate surface area is 216 Å². The van der Waals surface area contributed by atoms with Crippen LogP contribution in [0.3, 0.4) is 0 Å². The molecule has 0 radical (unpaired) electrons. The summed E-state index contributed by atoms with van der Waals surface area (Å²) in [6.07, 6.45) is 0.665. The molecule has 1 N–H and O–H groups in total. The first kappa shape index (κ1) is 24.5. The standard InChI is InChI=1S/C26H22Cl2N2O6/c1-12(31)13-5-7-15(8-6-13)29-19(32)11-36-26(35)14-3-2-4-16(9-14)30-24(33)20-17-10-18(21(20)25(30)34)23(28)22(17)27/h2-9,17-18,20-23H,10-11H2,1H3,(H,29,32)/t17-,18-,20-,21+,22+,23+/m1/s1. The lowest BCUT2D eigenvalue weighted by molar-refractivity contribution is -0.123. The number of carbonyl (C=O) groups is 5. The number of alkyl halides is 2.